The fourth-order valence-electron chi connectivity index (χ4n) is 0.937. The van der Waals surface area contributed by atoms with Gasteiger partial charge in [0.15, 0.2) is 6.29 Å². The van der Waals surface area contributed by atoms with Crippen LogP contribution in [0.5, 0.6) is 0 Å². The molecule has 0 fully saturated rings. The summed E-state index contributed by atoms with van der Waals surface area (Å²) >= 11 is 0. The lowest BCUT2D eigenvalue weighted by atomic mass is 10.3. The fourth-order valence-corrected chi connectivity index (χ4v) is 0.937. The average Bonchev–Trinajstić information content (AvgIpc) is 2.52. The molecule has 0 bridgehead atoms. The zero-order chi connectivity index (χ0) is 8.10. The fraction of sp³-hybridized carbons (Fsp3) is 0.500. The highest BCUT2D eigenvalue weighted by atomic mass is 16.7. The zero-order valence-corrected chi connectivity index (χ0v) is 6.83. The van der Waals surface area contributed by atoms with Crippen molar-refractivity contribution in [3.8, 4) is 0 Å². The van der Waals surface area contributed by atoms with Gasteiger partial charge in [0.2, 0.25) is 0 Å². The second-order valence-electron chi connectivity index (χ2n) is 2.30. The zero-order valence-electron chi connectivity index (χ0n) is 6.83. The summed E-state index contributed by atoms with van der Waals surface area (Å²) in [4.78, 5) is 3.08. The minimum absolute atomic E-state index is 0.145. The van der Waals surface area contributed by atoms with E-state index in [1.807, 2.05) is 18.3 Å². The maximum absolute atomic E-state index is 5.03. The van der Waals surface area contributed by atoms with E-state index >= 15 is 0 Å². The Hall–Kier alpha value is -0.800. The molecule has 0 amide bonds. The lowest BCUT2D eigenvalue weighted by Gasteiger charge is -2.11. The number of aromatic amines is 1. The SMILES string of the molecule is COC(Cc1ccc[nH]1)OC. The molecular weight excluding hydrogens is 142 g/mol. The predicted molar refractivity (Wildman–Crippen MR) is 42.3 cm³/mol. The molecule has 11 heavy (non-hydrogen) atoms. The maximum Gasteiger partial charge on any atom is 0.162 e. The van der Waals surface area contributed by atoms with Crippen LogP contribution in [0, 0.1) is 0 Å². The normalized spacial score (nSPS) is 10.8. The van der Waals surface area contributed by atoms with Crippen molar-refractivity contribution in [2.45, 2.75) is 12.7 Å². The molecule has 1 heterocycles. The van der Waals surface area contributed by atoms with Gasteiger partial charge >= 0.3 is 0 Å². The smallest absolute Gasteiger partial charge is 0.162 e. The van der Waals surface area contributed by atoms with Crippen LogP contribution in [-0.4, -0.2) is 25.5 Å². The van der Waals surface area contributed by atoms with Gasteiger partial charge in [-0.15, -0.1) is 0 Å². The molecule has 0 unspecified atom stereocenters. The first-order valence-corrected chi connectivity index (χ1v) is 3.54. The summed E-state index contributed by atoms with van der Waals surface area (Å²) < 4.78 is 10.1. The molecule has 0 saturated heterocycles. The van der Waals surface area contributed by atoms with Crippen LogP contribution in [0.25, 0.3) is 0 Å². The number of methoxy groups -OCH3 is 2. The van der Waals surface area contributed by atoms with E-state index in [0.29, 0.717) is 0 Å². The molecule has 0 radical (unpaired) electrons. The van der Waals surface area contributed by atoms with Crippen LogP contribution in [0.15, 0.2) is 18.3 Å². The van der Waals surface area contributed by atoms with E-state index in [0.717, 1.165) is 12.1 Å². The third-order valence-electron chi connectivity index (χ3n) is 1.57. The van der Waals surface area contributed by atoms with E-state index in [4.69, 9.17) is 9.47 Å². The van der Waals surface area contributed by atoms with E-state index in [2.05, 4.69) is 4.98 Å². The summed E-state index contributed by atoms with van der Waals surface area (Å²) in [7, 11) is 3.27. The summed E-state index contributed by atoms with van der Waals surface area (Å²) in [6.07, 6.45) is 2.51. The minimum atomic E-state index is -0.145. The van der Waals surface area contributed by atoms with E-state index in [9.17, 15) is 0 Å². The van der Waals surface area contributed by atoms with Gasteiger partial charge in [-0.1, -0.05) is 0 Å². The van der Waals surface area contributed by atoms with Crippen molar-refractivity contribution in [1.29, 1.82) is 0 Å². The Morgan fingerprint density at radius 1 is 1.45 bits per heavy atom. The first-order chi connectivity index (χ1) is 5.36. The van der Waals surface area contributed by atoms with Crippen molar-refractivity contribution in [1.82, 2.24) is 4.98 Å². The number of aromatic nitrogens is 1. The summed E-state index contributed by atoms with van der Waals surface area (Å²) in [6, 6.07) is 3.96. The Bertz CT molecular complexity index is 180. The molecule has 1 aromatic heterocycles. The molecule has 0 spiro atoms. The topological polar surface area (TPSA) is 34.2 Å². The number of hydrogen-bond acceptors (Lipinski definition) is 2. The van der Waals surface area contributed by atoms with Crippen LogP contribution < -0.4 is 0 Å². The largest absolute Gasteiger partial charge is 0.365 e. The van der Waals surface area contributed by atoms with E-state index in [1.165, 1.54) is 0 Å². The number of hydrogen-bond donors (Lipinski definition) is 1. The van der Waals surface area contributed by atoms with Gasteiger partial charge in [-0.2, -0.15) is 0 Å². The summed E-state index contributed by atoms with van der Waals surface area (Å²) in [6.45, 7) is 0. The molecule has 0 aromatic carbocycles. The Labute approximate surface area is 66.3 Å². The number of H-pyrrole nitrogens is 1. The first kappa shape index (κ1) is 8.30. The second-order valence-corrected chi connectivity index (χ2v) is 2.30. The van der Waals surface area contributed by atoms with Gasteiger partial charge in [-0.3, -0.25) is 0 Å². The predicted octanol–water partition coefficient (Wildman–Crippen LogP) is 1.18. The van der Waals surface area contributed by atoms with Crippen molar-refractivity contribution in [2.75, 3.05) is 14.2 Å². The lowest BCUT2D eigenvalue weighted by Crippen LogP contribution is -2.16. The minimum Gasteiger partial charge on any atom is -0.365 e. The number of rotatable bonds is 4. The highest BCUT2D eigenvalue weighted by Gasteiger charge is 2.05. The highest BCUT2D eigenvalue weighted by molar-refractivity contribution is 5.03. The quantitative estimate of drug-likeness (QED) is 0.662. The van der Waals surface area contributed by atoms with Crippen molar-refractivity contribution in [2.24, 2.45) is 0 Å². The van der Waals surface area contributed by atoms with Gasteiger partial charge in [0.1, 0.15) is 0 Å². The van der Waals surface area contributed by atoms with Crippen LogP contribution in [0.3, 0.4) is 0 Å². The molecule has 3 heteroatoms. The van der Waals surface area contributed by atoms with Gasteiger partial charge in [0.25, 0.3) is 0 Å². The van der Waals surface area contributed by atoms with E-state index in [-0.39, 0.29) is 6.29 Å². The van der Waals surface area contributed by atoms with Gasteiger partial charge in [0.05, 0.1) is 0 Å². The lowest BCUT2D eigenvalue weighted by molar-refractivity contribution is -0.101. The van der Waals surface area contributed by atoms with Crippen molar-refractivity contribution >= 4 is 0 Å². The van der Waals surface area contributed by atoms with Crippen molar-refractivity contribution < 1.29 is 9.47 Å². The molecule has 0 aliphatic heterocycles. The summed E-state index contributed by atoms with van der Waals surface area (Å²) in [5.41, 5.74) is 1.12. The second kappa shape index (κ2) is 4.16. The Morgan fingerprint density at radius 3 is 2.64 bits per heavy atom. The molecule has 1 rings (SSSR count). The molecule has 1 aromatic rings. The van der Waals surface area contributed by atoms with Crippen molar-refractivity contribution in [3.05, 3.63) is 24.0 Å². The van der Waals surface area contributed by atoms with Crippen LogP contribution >= 0.6 is 0 Å². The molecule has 0 saturated carbocycles. The van der Waals surface area contributed by atoms with Gasteiger partial charge in [-0.05, 0) is 12.1 Å². The van der Waals surface area contributed by atoms with Gasteiger partial charge in [-0.25, -0.2) is 0 Å². The van der Waals surface area contributed by atoms with Gasteiger partial charge < -0.3 is 14.5 Å². The molecule has 0 aliphatic rings. The van der Waals surface area contributed by atoms with Gasteiger partial charge in [0, 0.05) is 32.5 Å². The number of ether oxygens (including phenoxy) is 2. The monoisotopic (exact) mass is 155 g/mol. The Balaban J connectivity index is 2.41. The molecule has 3 nitrogen and oxygen atoms in total. The highest BCUT2D eigenvalue weighted by Crippen LogP contribution is 2.02. The number of nitrogens with one attached hydrogen (secondary N) is 1. The third-order valence-corrected chi connectivity index (χ3v) is 1.57. The van der Waals surface area contributed by atoms with E-state index in [1.54, 1.807) is 14.2 Å². The molecule has 62 valence electrons. The first-order valence-electron chi connectivity index (χ1n) is 3.54. The summed E-state index contributed by atoms with van der Waals surface area (Å²) in [5, 5.41) is 0. The maximum atomic E-state index is 5.03. The Morgan fingerprint density at radius 2 is 2.18 bits per heavy atom. The van der Waals surface area contributed by atoms with Crippen LogP contribution in [0.4, 0.5) is 0 Å². The summed E-state index contributed by atoms with van der Waals surface area (Å²) in [5.74, 6) is 0. The molecular formula is C8H13NO2. The standard InChI is InChI=1S/C8H13NO2/c1-10-8(11-2)6-7-4-3-5-9-7/h3-5,8-9H,6H2,1-2H3. The van der Waals surface area contributed by atoms with Crippen molar-refractivity contribution in [3.63, 3.8) is 0 Å². The average molecular weight is 155 g/mol. The van der Waals surface area contributed by atoms with Crippen LogP contribution in [-0.2, 0) is 15.9 Å². The van der Waals surface area contributed by atoms with Crippen LogP contribution in [0.2, 0.25) is 0 Å². The third kappa shape index (κ3) is 2.37. The molecule has 0 aliphatic carbocycles. The Kier molecular flexibility index (Phi) is 3.14. The van der Waals surface area contributed by atoms with E-state index < -0.39 is 0 Å². The molecule has 1 N–H and O–H groups in total. The molecule has 0 atom stereocenters. The van der Waals surface area contributed by atoms with Crippen LogP contribution in [0.1, 0.15) is 5.69 Å².